The van der Waals surface area contributed by atoms with Crippen molar-refractivity contribution in [2.75, 3.05) is 25.1 Å². The van der Waals surface area contributed by atoms with Crippen LogP contribution >= 0.6 is 15.9 Å². The molecule has 0 aliphatic carbocycles. The molecule has 0 saturated carbocycles. The average molecular weight is 328 g/mol. The predicted octanol–water partition coefficient (Wildman–Crippen LogP) is 2.79. The van der Waals surface area contributed by atoms with E-state index in [2.05, 4.69) is 36.0 Å². The molecule has 0 spiro atoms. The molecule has 1 aromatic rings. The first kappa shape index (κ1) is 15.2. The van der Waals surface area contributed by atoms with Gasteiger partial charge in [0.1, 0.15) is 22.9 Å². The van der Waals surface area contributed by atoms with E-state index in [0.717, 1.165) is 0 Å². The molecule has 18 heavy (non-hydrogen) atoms. The molecule has 1 N–H and O–H groups in total. The lowest BCUT2D eigenvalue weighted by atomic mass is 10.4. The lowest BCUT2D eigenvalue weighted by Crippen LogP contribution is -2.20. The summed E-state index contributed by atoms with van der Waals surface area (Å²) in [6, 6.07) is 1.66. The predicted molar refractivity (Wildman–Crippen MR) is 64.5 cm³/mol. The summed E-state index contributed by atoms with van der Waals surface area (Å²) in [6.07, 6.45) is -3.61. The van der Waals surface area contributed by atoms with Crippen molar-refractivity contribution in [2.45, 2.75) is 19.5 Å². The summed E-state index contributed by atoms with van der Waals surface area (Å²) < 4.78 is 40.5. The van der Waals surface area contributed by atoms with Gasteiger partial charge in [-0.1, -0.05) is 6.92 Å². The summed E-state index contributed by atoms with van der Waals surface area (Å²) >= 11 is 3.23. The van der Waals surface area contributed by atoms with Gasteiger partial charge in [-0.25, -0.2) is 9.97 Å². The molecule has 0 bridgehead atoms. The van der Waals surface area contributed by atoms with Crippen LogP contribution in [-0.4, -0.2) is 35.9 Å². The Bertz CT molecular complexity index is 387. The molecule has 0 unspecified atom stereocenters. The van der Waals surface area contributed by atoms with E-state index in [1.165, 1.54) is 0 Å². The second-order valence-electron chi connectivity index (χ2n) is 3.44. The van der Waals surface area contributed by atoms with E-state index in [4.69, 9.17) is 0 Å². The number of alkyl halides is 3. The van der Waals surface area contributed by atoms with Crippen molar-refractivity contribution in [2.24, 2.45) is 0 Å². The van der Waals surface area contributed by atoms with E-state index in [1.54, 1.807) is 6.07 Å². The summed E-state index contributed by atoms with van der Waals surface area (Å²) in [5.74, 6) is 1.22. The van der Waals surface area contributed by atoms with Gasteiger partial charge in [0.15, 0.2) is 0 Å². The van der Waals surface area contributed by atoms with Gasteiger partial charge in [0, 0.05) is 19.0 Å². The maximum absolute atomic E-state index is 11.8. The van der Waals surface area contributed by atoms with Crippen LogP contribution in [0.5, 0.6) is 0 Å². The van der Waals surface area contributed by atoms with Crippen LogP contribution in [0.2, 0.25) is 0 Å². The lowest BCUT2D eigenvalue weighted by molar-refractivity contribution is -0.172. The Hall–Kier alpha value is -0.890. The van der Waals surface area contributed by atoms with Crippen molar-refractivity contribution >= 4 is 21.7 Å². The van der Waals surface area contributed by atoms with Gasteiger partial charge in [-0.05, 0) is 15.9 Å². The minimum absolute atomic E-state index is 0.0391. The number of halogens is 4. The first-order valence-corrected chi connectivity index (χ1v) is 6.12. The Labute approximate surface area is 111 Å². The number of nitrogens with one attached hydrogen (secondary N) is 1. The molecule has 1 rings (SSSR count). The highest BCUT2D eigenvalue weighted by Gasteiger charge is 2.27. The summed E-state index contributed by atoms with van der Waals surface area (Å²) in [5.41, 5.74) is 0. The van der Waals surface area contributed by atoms with Gasteiger partial charge < -0.3 is 10.1 Å². The Morgan fingerprint density at radius 1 is 1.39 bits per heavy atom. The highest BCUT2D eigenvalue weighted by molar-refractivity contribution is 9.10. The van der Waals surface area contributed by atoms with Gasteiger partial charge in [0.05, 0.1) is 6.61 Å². The average Bonchev–Trinajstić information content (AvgIpc) is 2.26. The monoisotopic (exact) mass is 327 g/mol. The van der Waals surface area contributed by atoms with Crippen molar-refractivity contribution in [3.8, 4) is 0 Å². The Morgan fingerprint density at radius 2 is 2.11 bits per heavy atom. The van der Waals surface area contributed by atoms with Crippen molar-refractivity contribution in [3.63, 3.8) is 0 Å². The van der Waals surface area contributed by atoms with Gasteiger partial charge in [-0.3, -0.25) is 0 Å². The van der Waals surface area contributed by atoms with Crippen LogP contribution in [0.4, 0.5) is 19.0 Å². The maximum atomic E-state index is 11.8. The highest BCUT2D eigenvalue weighted by atomic mass is 79.9. The second kappa shape index (κ2) is 6.89. The van der Waals surface area contributed by atoms with Crippen LogP contribution in [0, 0.1) is 0 Å². The van der Waals surface area contributed by atoms with Crippen molar-refractivity contribution in [1.29, 1.82) is 0 Å². The fourth-order valence-electron chi connectivity index (χ4n) is 1.15. The van der Waals surface area contributed by atoms with Crippen molar-refractivity contribution in [3.05, 3.63) is 16.5 Å². The first-order chi connectivity index (χ1) is 8.40. The summed E-state index contributed by atoms with van der Waals surface area (Å²) in [5, 5.41) is 2.87. The zero-order valence-electron chi connectivity index (χ0n) is 9.72. The molecule has 0 saturated heterocycles. The molecule has 4 nitrogen and oxygen atoms in total. The third kappa shape index (κ3) is 6.15. The fourth-order valence-corrected chi connectivity index (χ4v) is 1.57. The summed E-state index contributed by atoms with van der Waals surface area (Å²) in [6.45, 7) is 0.894. The van der Waals surface area contributed by atoms with E-state index < -0.39 is 12.8 Å². The Morgan fingerprint density at radius 3 is 2.72 bits per heavy atom. The highest BCUT2D eigenvalue weighted by Crippen LogP contribution is 2.14. The number of rotatable bonds is 6. The number of hydrogen-bond acceptors (Lipinski definition) is 4. The Kier molecular flexibility index (Phi) is 5.80. The third-order valence-corrected chi connectivity index (χ3v) is 2.28. The van der Waals surface area contributed by atoms with Crippen molar-refractivity contribution < 1.29 is 17.9 Å². The molecule has 0 atom stereocenters. The standard InChI is InChI=1S/C10H13BrF3N3O/c1-2-8-16-7(11)5-9(17-8)15-3-4-18-6-10(12,13)14/h5H,2-4,6H2,1H3,(H,15,16,17). The zero-order chi connectivity index (χ0) is 13.6. The molecule has 102 valence electrons. The summed E-state index contributed by atoms with van der Waals surface area (Å²) in [4.78, 5) is 8.28. The molecule has 8 heteroatoms. The normalized spacial score (nSPS) is 11.6. The minimum Gasteiger partial charge on any atom is -0.370 e. The van der Waals surface area contributed by atoms with Crippen LogP contribution in [-0.2, 0) is 11.2 Å². The van der Waals surface area contributed by atoms with Crippen LogP contribution in [0.15, 0.2) is 10.7 Å². The maximum Gasteiger partial charge on any atom is 0.411 e. The number of aromatic nitrogens is 2. The molecule has 1 aromatic heterocycles. The fraction of sp³-hybridized carbons (Fsp3) is 0.600. The van der Waals surface area contributed by atoms with Crippen LogP contribution in [0.3, 0.4) is 0 Å². The van der Waals surface area contributed by atoms with Gasteiger partial charge in [0.25, 0.3) is 0 Å². The molecule has 0 amide bonds. The molecule has 1 heterocycles. The number of nitrogens with zero attached hydrogens (tertiary/aromatic N) is 2. The van der Waals surface area contributed by atoms with E-state index in [-0.39, 0.29) is 13.2 Å². The minimum atomic E-state index is -4.28. The Balaban J connectivity index is 2.33. The topological polar surface area (TPSA) is 47.0 Å². The number of hydrogen-bond donors (Lipinski definition) is 1. The SMILES string of the molecule is CCc1nc(Br)cc(NCCOCC(F)(F)F)n1. The van der Waals surface area contributed by atoms with Gasteiger partial charge in [-0.15, -0.1) is 0 Å². The van der Waals surface area contributed by atoms with E-state index >= 15 is 0 Å². The van der Waals surface area contributed by atoms with Gasteiger partial charge >= 0.3 is 6.18 Å². The smallest absolute Gasteiger partial charge is 0.370 e. The molecule has 0 fully saturated rings. The lowest BCUT2D eigenvalue weighted by Gasteiger charge is -2.09. The third-order valence-electron chi connectivity index (χ3n) is 1.88. The van der Waals surface area contributed by atoms with Crippen molar-refractivity contribution in [1.82, 2.24) is 9.97 Å². The first-order valence-electron chi connectivity index (χ1n) is 5.32. The molecular formula is C10H13BrF3N3O. The molecule has 0 aromatic carbocycles. The second-order valence-corrected chi connectivity index (χ2v) is 4.25. The number of anilines is 1. The van der Waals surface area contributed by atoms with Crippen LogP contribution in [0.25, 0.3) is 0 Å². The molecule has 0 aliphatic heterocycles. The molecule has 0 radical (unpaired) electrons. The van der Waals surface area contributed by atoms with Crippen LogP contribution < -0.4 is 5.32 Å². The number of ether oxygens (including phenoxy) is 1. The largest absolute Gasteiger partial charge is 0.411 e. The molecule has 0 aliphatic rings. The molecular weight excluding hydrogens is 315 g/mol. The van der Waals surface area contributed by atoms with Gasteiger partial charge in [-0.2, -0.15) is 13.2 Å². The van der Waals surface area contributed by atoms with Crippen LogP contribution in [0.1, 0.15) is 12.7 Å². The van der Waals surface area contributed by atoms with E-state index in [1.807, 2.05) is 6.92 Å². The number of aryl methyl sites for hydroxylation is 1. The quantitative estimate of drug-likeness (QED) is 0.644. The van der Waals surface area contributed by atoms with Gasteiger partial charge in [0.2, 0.25) is 0 Å². The van der Waals surface area contributed by atoms with E-state index in [9.17, 15) is 13.2 Å². The summed E-state index contributed by atoms with van der Waals surface area (Å²) in [7, 11) is 0. The zero-order valence-corrected chi connectivity index (χ0v) is 11.3. The van der Waals surface area contributed by atoms with E-state index in [0.29, 0.717) is 22.7 Å².